The van der Waals surface area contributed by atoms with Crippen molar-refractivity contribution < 1.29 is 42.5 Å². The molecule has 0 N–H and O–H groups in total. The molecule has 4 fully saturated rings. The van der Waals surface area contributed by atoms with E-state index >= 15 is 0 Å². The van der Waals surface area contributed by atoms with E-state index < -0.39 is 0 Å². The molecule has 4 aliphatic carbocycles. The Morgan fingerprint density at radius 2 is 1.74 bits per heavy atom. The van der Waals surface area contributed by atoms with Gasteiger partial charge in [0, 0.05) is 49.6 Å². The summed E-state index contributed by atoms with van der Waals surface area (Å²) in [6.45, 7) is 9.89. The molecular weight excluding hydrogens is 433 g/mol. The molecule has 1 nitrogen and oxygen atoms in total. The van der Waals surface area contributed by atoms with Crippen LogP contribution in [-0.4, -0.2) is 5.78 Å². The van der Waals surface area contributed by atoms with Gasteiger partial charge in [-0.15, -0.1) is 0 Å². The molecule has 4 saturated carbocycles. The minimum absolute atomic E-state index is 0. The van der Waals surface area contributed by atoms with Crippen molar-refractivity contribution in [2.75, 3.05) is 0 Å². The van der Waals surface area contributed by atoms with Crippen molar-refractivity contribution in [2.24, 2.45) is 34.0 Å². The van der Waals surface area contributed by atoms with Gasteiger partial charge in [0.15, 0.2) is 0 Å². The van der Waals surface area contributed by atoms with Crippen LogP contribution in [0.5, 0.6) is 0 Å². The molecule has 0 spiro atoms. The number of carbonyl (C=O) groups is 1. The van der Waals surface area contributed by atoms with Crippen LogP contribution in [-0.2, 0) is 4.79 Å². The second-order valence-corrected chi connectivity index (χ2v) is 9.95. The molecule has 4 rings (SSSR count). The van der Waals surface area contributed by atoms with Crippen molar-refractivity contribution in [3.63, 3.8) is 0 Å². The Bertz CT molecular complexity index is 502. The Kier molecular flexibility index (Phi) is 4.87. The van der Waals surface area contributed by atoms with Gasteiger partial charge in [-0.1, -0.05) is 32.6 Å². The summed E-state index contributed by atoms with van der Waals surface area (Å²) in [5.74, 6) is 4.73. The maximum absolute atomic E-state index is 12.5. The summed E-state index contributed by atoms with van der Waals surface area (Å²) < 4.78 is 0. The summed E-state index contributed by atoms with van der Waals surface area (Å²) in [5, 5.41) is 0. The van der Waals surface area contributed by atoms with Crippen LogP contribution >= 0.6 is 0 Å². The van der Waals surface area contributed by atoms with Gasteiger partial charge in [-0.05, 0) is 55.3 Å². The normalized spacial score (nSPS) is 53.0. The van der Waals surface area contributed by atoms with Crippen LogP contribution in [0.15, 0.2) is 0 Å². The molecule has 0 aromatic carbocycles. The van der Waals surface area contributed by atoms with Crippen LogP contribution in [0.25, 0.3) is 0 Å². The Balaban J connectivity index is 0.00000156. The van der Waals surface area contributed by atoms with E-state index in [0.29, 0.717) is 22.5 Å². The average molecular weight is 466 g/mol. The van der Waals surface area contributed by atoms with E-state index in [1.165, 1.54) is 51.4 Å². The Hall–Kier alpha value is 0.930. The number of Topliss-reactive ketones (excluding diaryl/α,β-unsaturated/α-hetero) is 1. The minimum Gasteiger partial charge on any atom is -0.316 e. The van der Waals surface area contributed by atoms with Gasteiger partial charge in [-0.3, -0.25) is 4.79 Å². The third kappa shape index (κ3) is 2.46. The van der Waals surface area contributed by atoms with E-state index in [1.54, 1.807) is 5.92 Å². The van der Waals surface area contributed by atoms with Gasteiger partial charge in [0.25, 0.3) is 0 Å². The first-order chi connectivity index (χ1) is 10.3. The van der Waals surface area contributed by atoms with Crippen molar-refractivity contribution in [2.45, 2.75) is 85.5 Å². The van der Waals surface area contributed by atoms with Crippen molar-refractivity contribution >= 4 is 5.78 Å². The summed E-state index contributed by atoms with van der Waals surface area (Å²) in [7, 11) is 0. The third-order valence-electron chi connectivity index (χ3n) is 9.14. The quantitative estimate of drug-likeness (QED) is 0.336. The molecule has 0 aromatic rings. The number of rotatable bonds is 0. The van der Waals surface area contributed by atoms with Crippen molar-refractivity contribution in [3.05, 3.63) is 5.92 Å². The second-order valence-electron chi connectivity index (χ2n) is 9.95. The van der Waals surface area contributed by atoms with E-state index in [1.807, 2.05) is 0 Å². The number of hydrogen-bond donors (Lipinski definition) is 0. The summed E-state index contributed by atoms with van der Waals surface area (Å²) >= 11 is 0. The average Bonchev–Trinajstić information content (AvgIpc) is 2.76. The second kappa shape index (κ2) is 5.98. The molecular formula is C21H33HoO-. The third-order valence-corrected chi connectivity index (χ3v) is 9.14. The van der Waals surface area contributed by atoms with E-state index in [4.69, 9.17) is 0 Å². The van der Waals surface area contributed by atoms with Crippen LogP contribution in [0.4, 0.5) is 0 Å². The van der Waals surface area contributed by atoms with Crippen molar-refractivity contribution in [1.29, 1.82) is 0 Å². The molecule has 0 aromatic heterocycles. The number of ketones is 1. The zero-order chi connectivity index (χ0) is 15.8. The smallest absolute Gasteiger partial charge is 0.139 e. The molecule has 0 saturated heterocycles. The van der Waals surface area contributed by atoms with Crippen LogP contribution < -0.4 is 0 Å². The number of carbonyl (C=O) groups excluding carboxylic acids is 1. The molecule has 0 amide bonds. The van der Waals surface area contributed by atoms with E-state index in [0.717, 1.165) is 18.3 Å². The van der Waals surface area contributed by atoms with Crippen molar-refractivity contribution in [1.82, 2.24) is 0 Å². The molecule has 23 heavy (non-hydrogen) atoms. The molecule has 1 radical (unpaired) electrons. The van der Waals surface area contributed by atoms with E-state index in [2.05, 4.69) is 27.7 Å². The predicted molar refractivity (Wildman–Crippen MR) is 90.3 cm³/mol. The Morgan fingerprint density at radius 1 is 1.00 bits per heavy atom. The fourth-order valence-corrected chi connectivity index (χ4v) is 7.48. The molecule has 0 bridgehead atoms. The van der Waals surface area contributed by atoms with Gasteiger partial charge in [-0.2, -0.15) is 19.8 Å². The number of hydrogen-bond acceptors (Lipinski definition) is 1. The first-order valence-corrected chi connectivity index (χ1v) is 9.65. The van der Waals surface area contributed by atoms with Gasteiger partial charge in [0.05, 0.1) is 0 Å². The monoisotopic (exact) mass is 466 g/mol. The maximum atomic E-state index is 12.5. The van der Waals surface area contributed by atoms with Gasteiger partial charge >= 0.3 is 0 Å². The fraction of sp³-hybridized carbons (Fsp3) is 0.905. The molecule has 135 valence electrons. The zero-order valence-corrected chi connectivity index (χ0v) is 17.2. The predicted octanol–water partition coefficient (Wildman–Crippen LogP) is 5.58. The van der Waals surface area contributed by atoms with Crippen molar-refractivity contribution in [3.8, 4) is 0 Å². The summed E-state index contributed by atoms with van der Waals surface area (Å²) in [4.78, 5) is 12.5. The standard InChI is InChI=1S/C21H33O.Ho/c1-14-7-12-21(4)17-9-11-20(3)16(5-6-18(20)22)15(17)8-10-19(21,2)13-14;/h15-17H,5-13H2,1-4H3;/q-1;/t15?,16?,17?,19-,20+,21-;/m1./s1. The Morgan fingerprint density at radius 3 is 2.48 bits per heavy atom. The summed E-state index contributed by atoms with van der Waals surface area (Å²) in [6.07, 6.45) is 11.4. The first-order valence-electron chi connectivity index (χ1n) is 9.65. The summed E-state index contributed by atoms with van der Waals surface area (Å²) in [5.41, 5.74) is 1.08. The zero-order valence-electron chi connectivity index (χ0n) is 15.3. The van der Waals surface area contributed by atoms with E-state index in [9.17, 15) is 4.79 Å². The van der Waals surface area contributed by atoms with Crippen LogP contribution in [0, 0.1) is 77.7 Å². The van der Waals surface area contributed by atoms with Gasteiger partial charge < -0.3 is 5.92 Å². The molecule has 0 aliphatic heterocycles. The van der Waals surface area contributed by atoms with Crippen LogP contribution in [0.3, 0.4) is 0 Å². The van der Waals surface area contributed by atoms with Gasteiger partial charge in [0.1, 0.15) is 5.78 Å². The largest absolute Gasteiger partial charge is 0.316 e. The molecule has 4 aliphatic rings. The van der Waals surface area contributed by atoms with Crippen LogP contribution in [0.1, 0.15) is 85.5 Å². The van der Waals surface area contributed by atoms with Crippen LogP contribution in [0.2, 0.25) is 0 Å². The fourth-order valence-electron chi connectivity index (χ4n) is 7.48. The number of fused-ring (bicyclic) bond motifs is 5. The summed E-state index contributed by atoms with van der Waals surface area (Å²) in [6, 6.07) is 0. The minimum atomic E-state index is 0. The van der Waals surface area contributed by atoms with Gasteiger partial charge in [-0.25, -0.2) is 0 Å². The SMILES string of the molecule is C[C-]1CC[C@]2(C)C3CC[C@]4(C)C(=O)CCC4C3CC[C@]2(C)C1.[Ho]. The Labute approximate surface area is 172 Å². The molecule has 2 heteroatoms. The first kappa shape index (κ1) is 18.7. The molecule has 0 heterocycles. The maximum Gasteiger partial charge on any atom is 0.139 e. The topological polar surface area (TPSA) is 17.1 Å². The van der Waals surface area contributed by atoms with E-state index in [-0.39, 0.29) is 43.2 Å². The molecule has 3 unspecified atom stereocenters. The molecule has 6 atom stereocenters. The van der Waals surface area contributed by atoms with Gasteiger partial charge in [0.2, 0.25) is 0 Å².